The van der Waals surface area contributed by atoms with E-state index in [-0.39, 0.29) is 0 Å². The van der Waals surface area contributed by atoms with Crippen molar-refractivity contribution in [3.63, 3.8) is 0 Å². The Labute approximate surface area is 103 Å². The van der Waals surface area contributed by atoms with E-state index in [1.165, 1.54) is 19.3 Å². The molecule has 0 aliphatic heterocycles. The Morgan fingerprint density at radius 1 is 1.41 bits per heavy atom. The number of rotatable bonds is 4. The van der Waals surface area contributed by atoms with Crippen molar-refractivity contribution in [3.05, 3.63) is 18.2 Å². The average molecular weight is 234 g/mol. The summed E-state index contributed by atoms with van der Waals surface area (Å²) in [5, 5.41) is 3.46. The molecular formula is C14H22N2O. The van der Waals surface area contributed by atoms with Gasteiger partial charge in [-0.25, -0.2) is 0 Å². The normalized spacial score (nSPS) is 23.6. The van der Waals surface area contributed by atoms with Crippen molar-refractivity contribution in [2.45, 2.75) is 26.2 Å². The van der Waals surface area contributed by atoms with Gasteiger partial charge in [-0.3, -0.25) is 0 Å². The third-order valence-electron chi connectivity index (χ3n) is 3.85. The molecule has 17 heavy (non-hydrogen) atoms. The van der Waals surface area contributed by atoms with E-state index in [9.17, 15) is 0 Å². The molecule has 3 heteroatoms. The maximum absolute atomic E-state index is 5.97. The van der Waals surface area contributed by atoms with Crippen LogP contribution in [0.3, 0.4) is 0 Å². The second kappa shape index (κ2) is 5.30. The molecule has 0 radical (unpaired) electrons. The predicted octanol–water partition coefficient (Wildman–Crippen LogP) is 3.13. The first-order valence-electron chi connectivity index (χ1n) is 6.38. The summed E-state index contributed by atoms with van der Waals surface area (Å²) in [6.45, 7) is 3.37. The molecule has 94 valence electrons. The summed E-state index contributed by atoms with van der Waals surface area (Å²) >= 11 is 0. The Morgan fingerprint density at radius 2 is 2.24 bits per heavy atom. The van der Waals surface area contributed by atoms with Crippen LogP contribution in [0.1, 0.15) is 26.2 Å². The van der Waals surface area contributed by atoms with Gasteiger partial charge in [-0.15, -0.1) is 0 Å². The molecule has 0 aromatic heterocycles. The SMILES string of the molecule is COc1ccc(NCC2CCCC2C)c(N)c1. The van der Waals surface area contributed by atoms with E-state index in [0.29, 0.717) is 0 Å². The minimum absolute atomic E-state index is 0.759. The number of methoxy groups -OCH3 is 1. The average Bonchev–Trinajstić information content (AvgIpc) is 2.73. The third-order valence-corrected chi connectivity index (χ3v) is 3.85. The molecule has 2 atom stereocenters. The zero-order valence-corrected chi connectivity index (χ0v) is 10.7. The summed E-state index contributed by atoms with van der Waals surface area (Å²) in [6.07, 6.45) is 4.07. The number of anilines is 2. The zero-order chi connectivity index (χ0) is 12.3. The van der Waals surface area contributed by atoms with Crippen LogP contribution in [-0.4, -0.2) is 13.7 Å². The van der Waals surface area contributed by atoms with Crippen LogP contribution < -0.4 is 15.8 Å². The van der Waals surface area contributed by atoms with Gasteiger partial charge in [0.1, 0.15) is 5.75 Å². The number of nitrogen functional groups attached to an aromatic ring is 1. The largest absolute Gasteiger partial charge is 0.497 e. The number of hydrogen-bond acceptors (Lipinski definition) is 3. The Morgan fingerprint density at radius 3 is 2.82 bits per heavy atom. The van der Waals surface area contributed by atoms with E-state index >= 15 is 0 Å². The third kappa shape index (κ3) is 2.84. The smallest absolute Gasteiger partial charge is 0.121 e. The first-order chi connectivity index (χ1) is 8.20. The Hall–Kier alpha value is -1.38. The molecule has 1 fully saturated rings. The van der Waals surface area contributed by atoms with Crippen LogP contribution in [0.25, 0.3) is 0 Å². The van der Waals surface area contributed by atoms with E-state index in [1.807, 2.05) is 18.2 Å². The molecule has 2 rings (SSSR count). The minimum Gasteiger partial charge on any atom is -0.497 e. The first-order valence-corrected chi connectivity index (χ1v) is 6.38. The van der Waals surface area contributed by atoms with Crippen molar-refractivity contribution in [3.8, 4) is 5.75 Å². The first kappa shape index (κ1) is 12.1. The fourth-order valence-corrected chi connectivity index (χ4v) is 2.60. The van der Waals surface area contributed by atoms with Gasteiger partial charge in [-0.05, 0) is 30.4 Å². The molecule has 3 N–H and O–H groups in total. The topological polar surface area (TPSA) is 47.3 Å². The van der Waals surface area contributed by atoms with Gasteiger partial charge in [-0.2, -0.15) is 0 Å². The summed E-state index contributed by atoms with van der Waals surface area (Å²) in [5.41, 5.74) is 7.75. The predicted molar refractivity (Wildman–Crippen MR) is 72.4 cm³/mol. The molecule has 0 amide bonds. The fourth-order valence-electron chi connectivity index (χ4n) is 2.60. The van der Waals surface area contributed by atoms with E-state index in [1.54, 1.807) is 7.11 Å². The lowest BCUT2D eigenvalue weighted by Crippen LogP contribution is -2.17. The van der Waals surface area contributed by atoms with Crippen LogP contribution in [0, 0.1) is 11.8 Å². The highest BCUT2D eigenvalue weighted by molar-refractivity contribution is 5.68. The fraction of sp³-hybridized carbons (Fsp3) is 0.571. The molecule has 1 aromatic rings. The van der Waals surface area contributed by atoms with Crippen LogP contribution in [0.2, 0.25) is 0 Å². The van der Waals surface area contributed by atoms with Crippen molar-refractivity contribution in [1.29, 1.82) is 0 Å². The van der Waals surface area contributed by atoms with Gasteiger partial charge in [0.15, 0.2) is 0 Å². The van der Waals surface area contributed by atoms with Gasteiger partial charge < -0.3 is 15.8 Å². The number of benzene rings is 1. The van der Waals surface area contributed by atoms with Crippen molar-refractivity contribution >= 4 is 11.4 Å². The van der Waals surface area contributed by atoms with Gasteiger partial charge in [-0.1, -0.05) is 19.8 Å². The molecule has 2 unspecified atom stereocenters. The summed E-state index contributed by atoms with van der Waals surface area (Å²) in [5.74, 6) is 2.43. The number of nitrogens with two attached hydrogens (primary N) is 1. The maximum Gasteiger partial charge on any atom is 0.121 e. The van der Waals surface area contributed by atoms with Gasteiger partial charge in [0.2, 0.25) is 0 Å². The van der Waals surface area contributed by atoms with E-state index in [0.717, 1.165) is 35.5 Å². The highest BCUT2D eigenvalue weighted by Crippen LogP contribution is 2.32. The molecule has 0 heterocycles. The Kier molecular flexibility index (Phi) is 3.77. The molecule has 0 spiro atoms. The quantitative estimate of drug-likeness (QED) is 0.787. The van der Waals surface area contributed by atoms with Crippen molar-refractivity contribution in [2.24, 2.45) is 11.8 Å². The minimum atomic E-state index is 0.759. The van der Waals surface area contributed by atoms with E-state index in [2.05, 4.69) is 12.2 Å². The van der Waals surface area contributed by atoms with E-state index in [4.69, 9.17) is 10.5 Å². The van der Waals surface area contributed by atoms with E-state index < -0.39 is 0 Å². The second-order valence-corrected chi connectivity index (χ2v) is 5.00. The van der Waals surface area contributed by atoms with Crippen LogP contribution in [0.5, 0.6) is 5.75 Å². The highest BCUT2D eigenvalue weighted by Gasteiger charge is 2.22. The summed E-state index contributed by atoms with van der Waals surface area (Å²) in [4.78, 5) is 0. The van der Waals surface area contributed by atoms with Gasteiger partial charge in [0.05, 0.1) is 18.5 Å². The Bertz CT molecular complexity index is 378. The maximum atomic E-state index is 5.97. The molecule has 1 saturated carbocycles. The standard InChI is InChI=1S/C14H22N2O/c1-10-4-3-5-11(10)9-16-14-7-6-12(17-2)8-13(14)15/h6-8,10-11,16H,3-5,9,15H2,1-2H3. The van der Waals surface area contributed by atoms with Crippen molar-refractivity contribution < 1.29 is 4.74 Å². The zero-order valence-electron chi connectivity index (χ0n) is 10.7. The number of nitrogens with one attached hydrogen (secondary N) is 1. The lowest BCUT2D eigenvalue weighted by Gasteiger charge is -2.18. The number of hydrogen-bond donors (Lipinski definition) is 2. The Balaban J connectivity index is 1.94. The number of ether oxygens (including phenoxy) is 1. The molecule has 0 saturated heterocycles. The summed E-state index contributed by atoms with van der Waals surface area (Å²) in [7, 11) is 1.65. The highest BCUT2D eigenvalue weighted by atomic mass is 16.5. The molecule has 1 aliphatic rings. The van der Waals surface area contributed by atoms with Crippen LogP contribution in [-0.2, 0) is 0 Å². The summed E-state index contributed by atoms with van der Waals surface area (Å²) in [6, 6.07) is 5.80. The van der Waals surface area contributed by atoms with Crippen molar-refractivity contribution in [1.82, 2.24) is 0 Å². The van der Waals surface area contributed by atoms with Crippen molar-refractivity contribution in [2.75, 3.05) is 24.7 Å². The van der Waals surface area contributed by atoms with Gasteiger partial charge in [0, 0.05) is 12.6 Å². The van der Waals surface area contributed by atoms with Gasteiger partial charge >= 0.3 is 0 Å². The molecule has 0 bridgehead atoms. The molecule has 3 nitrogen and oxygen atoms in total. The van der Waals surface area contributed by atoms with Gasteiger partial charge in [0.25, 0.3) is 0 Å². The van der Waals surface area contributed by atoms with Crippen LogP contribution in [0.4, 0.5) is 11.4 Å². The molecule has 1 aliphatic carbocycles. The molecule has 1 aromatic carbocycles. The van der Waals surface area contributed by atoms with Crippen LogP contribution in [0.15, 0.2) is 18.2 Å². The lowest BCUT2D eigenvalue weighted by molar-refractivity contribution is 0.415. The summed E-state index contributed by atoms with van der Waals surface area (Å²) < 4.78 is 5.14. The monoisotopic (exact) mass is 234 g/mol. The molecular weight excluding hydrogens is 212 g/mol. The second-order valence-electron chi connectivity index (χ2n) is 5.00. The van der Waals surface area contributed by atoms with Crippen LogP contribution >= 0.6 is 0 Å². The lowest BCUT2D eigenvalue weighted by atomic mass is 9.98.